The highest BCUT2D eigenvalue weighted by Gasteiger charge is 2.21. The zero-order valence-electron chi connectivity index (χ0n) is 10.6. The number of rotatable bonds is 5. The maximum absolute atomic E-state index is 11.1. The van der Waals surface area contributed by atoms with Crippen LogP contribution in [0.1, 0.15) is 0 Å². The molecule has 0 aliphatic heterocycles. The fraction of sp³-hybridized carbons (Fsp3) is 0. The summed E-state index contributed by atoms with van der Waals surface area (Å²) >= 11 is 0. The average molecular weight is 290 g/mol. The summed E-state index contributed by atoms with van der Waals surface area (Å²) in [7, 11) is 0. The van der Waals surface area contributed by atoms with Crippen molar-refractivity contribution in [3.8, 4) is 11.5 Å². The number of hydrogen-bond acceptors (Lipinski definition) is 7. The summed E-state index contributed by atoms with van der Waals surface area (Å²) in [6.07, 6.45) is 0. The molecule has 2 rings (SSSR count). The van der Waals surface area contributed by atoms with Crippen LogP contribution in [0.15, 0.2) is 42.5 Å². The molecule has 0 unspecified atom stereocenters. The first-order valence-electron chi connectivity index (χ1n) is 5.69. The Morgan fingerprint density at radius 3 is 2.19 bits per heavy atom. The van der Waals surface area contributed by atoms with Gasteiger partial charge in [-0.05, 0) is 24.3 Å². The highest BCUT2D eigenvalue weighted by atomic mass is 16.6. The molecule has 0 aliphatic rings. The maximum atomic E-state index is 11.1. The molecular formula is C12H10N4O5. The fourth-order valence-electron chi connectivity index (χ4n) is 1.67. The second-order valence-electron chi connectivity index (χ2n) is 3.91. The van der Waals surface area contributed by atoms with E-state index in [0.717, 1.165) is 0 Å². The van der Waals surface area contributed by atoms with Gasteiger partial charge in [0.1, 0.15) is 11.4 Å². The van der Waals surface area contributed by atoms with Crippen LogP contribution in [0.3, 0.4) is 0 Å². The number of nitrogens with two attached hydrogens (primary N) is 1. The molecule has 2 aromatic carbocycles. The zero-order valence-corrected chi connectivity index (χ0v) is 10.6. The number of nitro benzene ring substituents is 2. The molecule has 0 saturated heterocycles. The summed E-state index contributed by atoms with van der Waals surface area (Å²) in [5.41, 5.74) is 1.89. The van der Waals surface area contributed by atoms with E-state index in [4.69, 9.17) is 10.6 Å². The van der Waals surface area contributed by atoms with Crippen molar-refractivity contribution in [2.75, 3.05) is 5.43 Å². The van der Waals surface area contributed by atoms with Gasteiger partial charge in [0.15, 0.2) is 0 Å². The zero-order chi connectivity index (χ0) is 15.4. The van der Waals surface area contributed by atoms with Gasteiger partial charge in [-0.25, -0.2) is 0 Å². The number of benzene rings is 2. The van der Waals surface area contributed by atoms with Crippen molar-refractivity contribution < 1.29 is 14.6 Å². The maximum Gasteiger partial charge on any atom is 0.335 e. The van der Waals surface area contributed by atoms with Gasteiger partial charge in [-0.3, -0.25) is 26.1 Å². The summed E-state index contributed by atoms with van der Waals surface area (Å²) in [5.74, 6) is 5.43. The van der Waals surface area contributed by atoms with Gasteiger partial charge in [0.25, 0.3) is 5.69 Å². The van der Waals surface area contributed by atoms with Crippen LogP contribution in [0.25, 0.3) is 0 Å². The highest BCUT2D eigenvalue weighted by molar-refractivity contribution is 5.68. The molecule has 0 heterocycles. The van der Waals surface area contributed by atoms with Crippen LogP contribution in [0, 0.1) is 20.2 Å². The monoisotopic (exact) mass is 290 g/mol. The molecule has 21 heavy (non-hydrogen) atoms. The molecule has 9 nitrogen and oxygen atoms in total. The molecule has 0 aliphatic carbocycles. The molecule has 0 fully saturated rings. The van der Waals surface area contributed by atoms with E-state index in [1.807, 2.05) is 0 Å². The van der Waals surface area contributed by atoms with E-state index in [9.17, 15) is 20.2 Å². The van der Waals surface area contributed by atoms with Gasteiger partial charge in [-0.2, -0.15) is 0 Å². The van der Waals surface area contributed by atoms with Crippen LogP contribution in [0.4, 0.5) is 17.1 Å². The third kappa shape index (κ3) is 3.04. The van der Waals surface area contributed by atoms with Gasteiger partial charge in [-0.15, -0.1) is 0 Å². The Morgan fingerprint density at radius 1 is 1.00 bits per heavy atom. The van der Waals surface area contributed by atoms with Crippen LogP contribution in [0.5, 0.6) is 11.5 Å². The Morgan fingerprint density at radius 2 is 1.67 bits per heavy atom. The minimum atomic E-state index is -0.629. The number of nitrogens with one attached hydrogen (secondary N) is 1. The second kappa shape index (κ2) is 5.84. The first-order valence-corrected chi connectivity index (χ1v) is 5.69. The molecule has 3 N–H and O–H groups in total. The number of ether oxygens (including phenoxy) is 1. The summed E-state index contributed by atoms with van der Waals surface area (Å²) in [4.78, 5) is 20.4. The number of anilines is 1. The van der Waals surface area contributed by atoms with Gasteiger partial charge >= 0.3 is 5.69 Å². The lowest BCUT2D eigenvalue weighted by Gasteiger charge is -2.08. The average Bonchev–Trinajstić information content (AvgIpc) is 2.47. The molecular weight excluding hydrogens is 280 g/mol. The Balaban J connectivity index is 2.35. The summed E-state index contributed by atoms with van der Waals surface area (Å²) in [6, 6.07) is 9.55. The predicted octanol–water partition coefficient (Wildman–Crippen LogP) is 2.58. The summed E-state index contributed by atoms with van der Waals surface area (Å²) < 4.78 is 5.39. The van der Waals surface area contributed by atoms with Crippen molar-refractivity contribution in [3.63, 3.8) is 0 Å². The third-order valence-electron chi connectivity index (χ3n) is 2.61. The van der Waals surface area contributed by atoms with Gasteiger partial charge in [0, 0.05) is 12.1 Å². The first kappa shape index (κ1) is 14.2. The quantitative estimate of drug-likeness (QED) is 0.491. The standard InChI is InChI=1S/C12H10N4O5/c13-14-10-2-1-3-11(12(10)16(19)20)21-9-6-4-8(5-7-9)15(17)18/h1-7,14H,13H2. The van der Waals surface area contributed by atoms with Crippen LogP contribution in [-0.4, -0.2) is 9.85 Å². The van der Waals surface area contributed by atoms with Crippen molar-refractivity contribution in [1.29, 1.82) is 0 Å². The fourth-order valence-corrected chi connectivity index (χ4v) is 1.67. The molecule has 0 saturated carbocycles. The molecule has 9 heteroatoms. The number of hydrogen-bond donors (Lipinski definition) is 2. The highest BCUT2D eigenvalue weighted by Crippen LogP contribution is 2.37. The van der Waals surface area contributed by atoms with E-state index in [2.05, 4.69) is 5.43 Å². The van der Waals surface area contributed by atoms with Gasteiger partial charge < -0.3 is 10.2 Å². The molecule has 0 amide bonds. The van der Waals surface area contributed by atoms with Crippen molar-refractivity contribution >= 4 is 17.1 Å². The summed E-state index contributed by atoms with van der Waals surface area (Å²) in [5, 5.41) is 21.6. The first-order chi connectivity index (χ1) is 10.0. The van der Waals surface area contributed by atoms with Crippen LogP contribution < -0.4 is 16.0 Å². The van der Waals surface area contributed by atoms with E-state index in [1.165, 1.54) is 42.5 Å². The van der Waals surface area contributed by atoms with Gasteiger partial charge in [0.2, 0.25) is 5.75 Å². The lowest BCUT2D eigenvalue weighted by Crippen LogP contribution is -2.09. The Bertz CT molecular complexity index is 687. The lowest BCUT2D eigenvalue weighted by molar-refractivity contribution is -0.384. The normalized spacial score (nSPS) is 9.95. The van der Waals surface area contributed by atoms with Crippen LogP contribution in [-0.2, 0) is 0 Å². The van der Waals surface area contributed by atoms with E-state index in [1.54, 1.807) is 0 Å². The van der Waals surface area contributed by atoms with Crippen LogP contribution in [0.2, 0.25) is 0 Å². The van der Waals surface area contributed by atoms with Gasteiger partial charge in [-0.1, -0.05) is 6.07 Å². The number of nitrogen functional groups attached to an aromatic ring is 1. The van der Waals surface area contributed by atoms with Crippen molar-refractivity contribution in [1.82, 2.24) is 0 Å². The third-order valence-corrected chi connectivity index (χ3v) is 2.61. The Hall–Kier alpha value is -3.20. The molecule has 0 atom stereocenters. The Labute approximate surface area is 118 Å². The molecule has 2 aromatic rings. The molecule has 0 radical (unpaired) electrons. The van der Waals surface area contributed by atoms with E-state index >= 15 is 0 Å². The van der Waals surface area contributed by atoms with Crippen molar-refractivity contribution in [2.24, 2.45) is 5.84 Å². The topological polar surface area (TPSA) is 134 Å². The number of nitro groups is 2. The largest absolute Gasteiger partial charge is 0.450 e. The molecule has 0 aromatic heterocycles. The summed E-state index contributed by atoms with van der Waals surface area (Å²) in [6.45, 7) is 0. The lowest BCUT2D eigenvalue weighted by atomic mass is 10.2. The van der Waals surface area contributed by atoms with Gasteiger partial charge in [0.05, 0.1) is 9.85 Å². The van der Waals surface area contributed by atoms with Crippen molar-refractivity contribution in [3.05, 3.63) is 62.7 Å². The number of nitrogens with zero attached hydrogens (tertiary/aromatic N) is 2. The molecule has 0 bridgehead atoms. The SMILES string of the molecule is NNc1cccc(Oc2ccc([N+](=O)[O-])cc2)c1[N+](=O)[O-]. The van der Waals surface area contributed by atoms with E-state index < -0.39 is 9.85 Å². The molecule has 0 spiro atoms. The van der Waals surface area contributed by atoms with Crippen molar-refractivity contribution in [2.45, 2.75) is 0 Å². The van der Waals surface area contributed by atoms with E-state index in [0.29, 0.717) is 0 Å². The van der Waals surface area contributed by atoms with E-state index in [-0.39, 0.29) is 28.6 Å². The second-order valence-corrected chi connectivity index (χ2v) is 3.91. The number of para-hydroxylation sites is 1. The smallest absolute Gasteiger partial charge is 0.335 e. The minimum Gasteiger partial charge on any atom is -0.450 e. The van der Waals surface area contributed by atoms with Crippen LogP contribution >= 0.6 is 0 Å². The predicted molar refractivity (Wildman–Crippen MR) is 74.1 cm³/mol. The minimum absolute atomic E-state index is 0.0238. The Kier molecular flexibility index (Phi) is 3.95. The number of non-ortho nitro benzene ring substituents is 1. The molecule has 108 valence electrons. The number of hydrazine groups is 1.